The summed E-state index contributed by atoms with van der Waals surface area (Å²) in [5.41, 5.74) is 4.85. The minimum Gasteiger partial charge on any atom is -0.366 e. The molecule has 1 aliphatic heterocycles. The van der Waals surface area contributed by atoms with E-state index in [1.807, 2.05) is 37.8 Å². The number of thiocarbonyl (C=S) groups is 1. The minimum atomic E-state index is -3.58. The Morgan fingerprint density at radius 2 is 1.51 bits per heavy atom. The van der Waals surface area contributed by atoms with Crippen LogP contribution in [-0.4, -0.2) is 49.9 Å². The first-order chi connectivity index (χ1) is 17.5. The lowest BCUT2D eigenvalue weighted by Gasteiger charge is -2.36. The van der Waals surface area contributed by atoms with Crippen molar-refractivity contribution in [2.45, 2.75) is 25.7 Å². The number of anilines is 2. The maximum atomic E-state index is 13.1. The van der Waals surface area contributed by atoms with Crippen LogP contribution in [0.15, 0.2) is 65.6 Å². The molecule has 1 heterocycles. The summed E-state index contributed by atoms with van der Waals surface area (Å²) in [6.45, 7) is 7.32. The van der Waals surface area contributed by atoms with Crippen molar-refractivity contribution in [2.24, 2.45) is 0 Å². The third kappa shape index (κ3) is 6.30. The number of nitrogens with zero attached hydrogens (tertiary/aromatic N) is 2. The van der Waals surface area contributed by atoms with Crippen molar-refractivity contribution in [2.75, 3.05) is 36.4 Å². The van der Waals surface area contributed by atoms with Crippen LogP contribution in [0.1, 0.15) is 27.0 Å². The van der Waals surface area contributed by atoms with E-state index in [1.165, 1.54) is 4.31 Å². The molecule has 194 valence electrons. The zero-order chi connectivity index (χ0) is 26.7. The molecule has 0 saturated carbocycles. The first-order valence-electron chi connectivity index (χ1n) is 11.9. The van der Waals surface area contributed by atoms with Crippen molar-refractivity contribution < 1.29 is 13.2 Å². The van der Waals surface area contributed by atoms with Crippen LogP contribution in [0.4, 0.5) is 11.4 Å². The second-order valence-corrected chi connectivity index (χ2v) is 11.9. The molecule has 37 heavy (non-hydrogen) atoms. The number of aryl methyl sites for hydroxylation is 3. The first-order valence-corrected chi connectivity index (χ1v) is 14.1. The molecule has 7 nitrogen and oxygen atoms in total. The van der Waals surface area contributed by atoms with Gasteiger partial charge in [0.25, 0.3) is 5.91 Å². The highest BCUT2D eigenvalue weighted by atomic mass is 35.5. The summed E-state index contributed by atoms with van der Waals surface area (Å²) in [6, 6.07) is 17.9. The van der Waals surface area contributed by atoms with Gasteiger partial charge in [-0.15, -0.1) is 0 Å². The molecule has 0 unspecified atom stereocenters. The molecule has 1 aliphatic rings. The van der Waals surface area contributed by atoms with Gasteiger partial charge in [-0.1, -0.05) is 52.6 Å². The van der Waals surface area contributed by atoms with E-state index >= 15 is 0 Å². The van der Waals surface area contributed by atoms with Crippen LogP contribution in [0.25, 0.3) is 0 Å². The van der Waals surface area contributed by atoms with Crippen LogP contribution in [-0.2, 0) is 10.0 Å². The Balaban J connectivity index is 1.45. The van der Waals surface area contributed by atoms with Crippen LogP contribution in [0.2, 0.25) is 5.02 Å². The van der Waals surface area contributed by atoms with Gasteiger partial charge in [0.15, 0.2) is 5.11 Å². The van der Waals surface area contributed by atoms with Gasteiger partial charge < -0.3 is 10.2 Å². The van der Waals surface area contributed by atoms with Gasteiger partial charge in [0.2, 0.25) is 10.0 Å². The summed E-state index contributed by atoms with van der Waals surface area (Å²) in [5.74, 6) is -0.303. The fourth-order valence-corrected chi connectivity index (χ4v) is 6.30. The van der Waals surface area contributed by atoms with E-state index in [1.54, 1.807) is 48.5 Å². The predicted molar refractivity (Wildman–Crippen MR) is 153 cm³/mol. The SMILES string of the molecule is Cc1ccc(S(=O)(=O)N2CCN(c3c(Cl)cccc3NC(=S)NC(=O)c3cc(C)cc(C)c3)CC2)cc1. The number of hydrogen-bond donors (Lipinski definition) is 2. The summed E-state index contributed by atoms with van der Waals surface area (Å²) in [5, 5.41) is 6.47. The molecule has 1 fully saturated rings. The maximum absolute atomic E-state index is 13.1. The Bertz CT molecular complexity index is 1410. The number of rotatable bonds is 5. The lowest BCUT2D eigenvalue weighted by Crippen LogP contribution is -2.49. The van der Waals surface area contributed by atoms with E-state index < -0.39 is 10.0 Å². The molecule has 0 atom stereocenters. The number of hydrogen-bond acceptors (Lipinski definition) is 5. The van der Waals surface area contributed by atoms with Crippen molar-refractivity contribution in [1.82, 2.24) is 9.62 Å². The Kier molecular flexibility index (Phi) is 8.18. The zero-order valence-corrected chi connectivity index (χ0v) is 23.3. The molecule has 4 rings (SSSR count). The highest BCUT2D eigenvalue weighted by Gasteiger charge is 2.30. The van der Waals surface area contributed by atoms with Crippen molar-refractivity contribution in [3.05, 3.63) is 87.9 Å². The third-order valence-corrected chi connectivity index (χ3v) is 8.58. The quantitative estimate of drug-likeness (QED) is 0.435. The number of para-hydroxylation sites is 1. The summed E-state index contributed by atoms with van der Waals surface area (Å²) in [4.78, 5) is 15.0. The normalized spacial score (nSPS) is 14.3. The number of nitrogens with one attached hydrogen (secondary N) is 2. The summed E-state index contributed by atoms with van der Waals surface area (Å²) < 4.78 is 27.7. The molecule has 1 amide bonds. The molecule has 10 heteroatoms. The summed E-state index contributed by atoms with van der Waals surface area (Å²) in [7, 11) is -3.58. The van der Waals surface area contributed by atoms with E-state index in [-0.39, 0.29) is 15.9 Å². The van der Waals surface area contributed by atoms with Gasteiger partial charge >= 0.3 is 0 Å². The number of benzene rings is 3. The Morgan fingerprint density at radius 1 is 0.892 bits per heavy atom. The van der Waals surface area contributed by atoms with Crippen LogP contribution < -0.4 is 15.5 Å². The highest BCUT2D eigenvalue weighted by molar-refractivity contribution is 7.89. The average Bonchev–Trinajstić information content (AvgIpc) is 2.84. The highest BCUT2D eigenvalue weighted by Crippen LogP contribution is 2.35. The molecule has 3 aromatic rings. The molecule has 1 saturated heterocycles. The number of carbonyl (C=O) groups excluding carboxylic acids is 1. The van der Waals surface area contributed by atoms with Crippen LogP contribution >= 0.6 is 23.8 Å². The van der Waals surface area contributed by atoms with Gasteiger partial charge in [0.05, 0.1) is 21.3 Å². The van der Waals surface area contributed by atoms with Crippen molar-refractivity contribution in [3.8, 4) is 0 Å². The van der Waals surface area contributed by atoms with E-state index in [0.29, 0.717) is 48.1 Å². The van der Waals surface area contributed by atoms with Gasteiger partial charge in [-0.25, -0.2) is 8.42 Å². The Hall–Kier alpha value is -2.98. The second-order valence-electron chi connectivity index (χ2n) is 9.12. The van der Waals surface area contributed by atoms with E-state index in [9.17, 15) is 13.2 Å². The van der Waals surface area contributed by atoms with E-state index in [4.69, 9.17) is 23.8 Å². The molecule has 0 radical (unpaired) electrons. The first kappa shape index (κ1) is 27.1. The van der Waals surface area contributed by atoms with E-state index in [2.05, 4.69) is 10.6 Å². The molecule has 0 spiro atoms. The largest absolute Gasteiger partial charge is 0.366 e. The fourth-order valence-electron chi connectivity index (χ4n) is 4.38. The van der Waals surface area contributed by atoms with Crippen LogP contribution in [0, 0.1) is 20.8 Å². The molecule has 0 aliphatic carbocycles. The fraction of sp³-hybridized carbons (Fsp3) is 0.259. The molecule has 2 N–H and O–H groups in total. The lowest BCUT2D eigenvalue weighted by atomic mass is 10.1. The number of carbonyl (C=O) groups is 1. The number of sulfonamides is 1. The molecule has 0 bridgehead atoms. The zero-order valence-electron chi connectivity index (χ0n) is 20.9. The van der Waals surface area contributed by atoms with Gasteiger partial charge in [-0.3, -0.25) is 10.1 Å². The Morgan fingerprint density at radius 3 is 2.14 bits per heavy atom. The van der Waals surface area contributed by atoms with Crippen molar-refractivity contribution in [1.29, 1.82) is 0 Å². The average molecular weight is 557 g/mol. The van der Waals surface area contributed by atoms with Crippen LogP contribution in [0.3, 0.4) is 0 Å². The van der Waals surface area contributed by atoms with Crippen molar-refractivity contribution in [3.63, 3.8) is 0 Å². The monoisotopic (exact) mass is 556 g/mol. The number of halogens is 1. The Labute approximate surface area is 228 Å². The number of amides is 1. The van der Waals surface area contributed by atoms with E-state index in [0.717, 1.165) is 16.7 Å². The molecular weight excluding hydrogens is 528 g/mol. The second kappa shape index (κ2) is 11.2. The lowest BCUT2D eigenvalue weighted by molar-refractivity contribution is 0.0977. The summed E-state index contributed by atoms with van der Waals surface area (Å²) >= 11 is 12.0. The third-order valence-electron chi connectivity index (χ3n) is 6.16. The van der Waals surface area contributed by atoms with Crippen LogP contribution in [0.5, 0.6) is 0 Å². The predicted octanol–water partition coefficient (Wildman–Crippen LogP) is 4.90. The minimum absolute atomic E-state index is 0.147. The molecule has 3 aromatic carbocycles. The maximum Gasteiger partial charge on any atom is 0.257 e. The van der Waals surface area contributed by atoms with Gasteiger partial charge in [-0.05, 0) is 69.4 Å². The standard InChI is InChI=1S/C27H29ClN4O3S2/c1-18-7-9-22(10-8-18)37(34,35)32-13-11-31(12-14-32)25-23(28)5-4-6-24(25)29-27(36)30-26(33)21-16-19(2)15-20(3)17-21/h4-10,15-17H,11-14H2,1-3H3,(H2,29,30,33,36). The number of piperazine rings is 1. The molecule has 0 aromatic heterocycles. The molecular formula is C27H29ClN4O3S2. The van der Waals surface area contributed by atoms with Gasteiger partial charge in [0, 0.05) is 31.7 Å². The topological polar surface area (TPSA) is 81.8 Å². The van der Waals surface area contributed by atoms with Gasteiger partial charge in [0.1, 0.15) is 0 Å². The van der Waals surface area contributed by atoms with Gasteiger partial charge in [-0.2, -0.15) is 4.31 Å². The van der Waals surface area contributed by atoms with Crippen molar-refractivity contribution >= 4 is 56.2 Å². The summed E-state index contributed by atoms with van der Waals surface area (Å²) in [6.07, 6.45) is 0. The smallest absolute Gasteiger partial charge is 0.257 e.